The normalized spacial score (nSPS) is 19.7. The first kappa shape index (κ1) is 19.7. The lowest BCUT2D eigenvalue weighted by Gasteiger charge is -2.38. The zero-order valence-electron chi connectivity index (χ0n) is 16.3. The molecule has 0 fully saturated rings. The Morgan fingerprint density at radius 1 is 0.967 bits per heavy atom. The maximum Gasteiger partial charge on any atom is 0.213 e. The highest BCUT2D eigenvalue weighted by Crippen LogP contribution is 2.50. The number of hydrazone groups is 1. The first-order chi connectivity index (χ1) is 14.5. The second-order valence-corrected chi connectivity index (χ2v) is 8.80. The van der Waals surface area contributed by atoms with Gasteiger partial charge in [0.05, 0.1) is 16.8 Å². The molecule has 152 valence electrons. The molecule has 0 radical (unpaired) electrons. The summed E-state index contributed by atoms with van der Waals surface area (Å²) in [5, 5.41) is 8.81. The van der Waals surface area contributed by atoms with Gasteiger partial charge in [-0.25, -0.2) is 5.01 Å². The lowest BCUT2D eigenvalue weighted by atomic mass is 9.95. The van der Waals surface area contributed by atoms with Crippen LogP contribution < -0.4 is 4.74 Å². The highest BCUT2D eigenvalue weighted by Gasteiger charge is 2.42. The number of nitrogens with zero attached hydrogens (tertiary/aromatic N) is 2. The minimum Gasteiger partial charge on any atom is -0.463 e. The number of hydrogen-bond donors (Lipinski definition) is 0. The Morgan fingerprint density at radius 3 is 2.40 bits per heavy atom. The molecule has 0 saturated heterocycles. The lowest BCUT2D eigenvalue weighted by Crippen LogP contribution is -2.33. The fourth-order valence-corrected chi connectivity index (χ4v) is 4.75. The predicted molar refractivity (Wildman–Crippen MR) is 123 cm³/mol. The van der Waals surface area contributed by atoms with Gasteiger partial charge in [0.1, 0.15) is 5.75 Å². The summed E-state index contributed by atoms with van der Waals surface area (Å²) in [6.07, 6.45) is 1.36. The SMILES string of the molecule is CCc1ccc([C@@H]2Oc3c(Cl)cc(Cl)cc3[C@@H]3CC(c4ccc(Cl)cc4)=NN32)cc1. The number of aryl methyl sites for hydroxylation is 1. The average molecular weight is 458 g/mol. The van der Waals surface area contributed by atoms with Gasteiger partial charge in [-0.15, -0.1) is 0 Å². The summed E-state index contributed by atoms with van der Waals surface area (Å²) in [6, 6.07) is 19.9. The second-order valence-electron chi connectivity index (χ2n) is 7.52. The third-order valence-electron chi connectivity index (χ3n) is 5.66. The van der Waals surface area contributed by atoms with Gasteiger partial charge >= 0.3 is 0 Å². The van der Waals surface area contributed by atoms with Crippen LogP contribution in [0.3, 0.4) is 0 Å². The molecule has 3 aromatic rings. The summed E-state index contributed by atoms with van der Waals surface area (Å²) < 4.78 is 6.40. The molecule has 0 spiro atoms. The Labute approximate surface area is 190 Å². The summed E-state index contributed by atoms with van der Waals surface area (Å²) >= 11 is 18.9. The molecule has 5 rings (SSSR count). The van der Waals surface area contributed by atoms with Crippen LogP contribution in [-0.2, 0) is 6.42 Å². The number of fused-ring (bicyclic) bond motifs is 3. The number of hydrogen-bond acceptors (Lipinski definition) is 3. The van der Waals surface area contributed by atoms with Crippen molar-refractivity contribution in [2.75, 3.05) is 0 Å². The molecule has 3 aromatic carbocycles. The summed E-state index contributed by atoms with van der Waals surface area (Å²) in [6.45, 7) is 2.14. The lowest BCUT2D eigenvalue weighted by molar-refractivity contribution is -0.0189. The Morgan fingerprint density at radius 2 is 1.70 bits per heavy atom. The van der Waals surface area contributed by atoms with E-state index >= 15 is 0 Å². The van der Waals surface area contributed by atoms with Crippen LogP contribution in [0.15, 0.2) is 65.8 Å². The van der Waals surface area contributed by atoms with Gasteiger partial charge < -0.3 is 4.74 Å². The summed E-state index contributed by atoms with van der Waals surface area (Å²) in [5.74, 6) is 0.680. The number of rotatable bonds is 3. The topological polar surface area (TPSA) is 24.8 Å². The molecule has 6 heteroatoms. The van der Waals surface area contributed by atoms with E-state index < -0.39 is 0 Å². The molecular formula is C24H19Cl3N2O. The van der Waals surface area contributed by atoms with Crippen molar-refractivity contribution in [3.8, 4) is 5.75 Å². The summed E-state index contributed by atoms with van der Waals surface area (Å²) in [4.78, 5) is 0. The third kappa shape index (κ3) is 3.45. The van der Waals surface area contributed by atoms with Crippen LogP contribution >= 0.6 is 34.8 Å². The molecule has 0 unspecified atom stereocenters. The minimum absolute atomic E-state index is 0.00789. The molecule has 0 bridgehead atoms. The molecule has 0 aromatic heterocycles. The van der Waals surface area contributed by atoms with Gasteiger partial charge in [-0.1, -0.05) is 78.1 Å². The number of ether oxygens (including phenoxy) is 1. The average Bonchev–Trinajstić information content (AvgIpc) is 3.20. The van der Waals surface area contributed by atoms with E-state index in [-0.39, 0.29) is 12.3 Å². The molecule has 3 nitrogen and oxygen atoms in total. The Bertz CT molecular complexity index is 1130. The van der Waals surface area contributed by atoms with Crippen LogP contribution in [0.25, 0.3) is 0 Å². The van der Waals surface area contributed by atoms with Gasteiger partial charge in [0.15, 0.2) is 0 Å². The monoisotopic (exact) mass is 456 g/mol. The molecule has 2 heterocycles. The van der Waals surface area contributed by atoms with E-state index in [4.69, 9.17) is 44.6 Å². The number of benzene rings is 3. The molecule has 0 N–H and O–H groups in total. The largest absolute Gasteiger partial charge is 0.463 e. The number of halogens is 3. The van der Waals surface area contributed by atoms with E-state index in [1.54, 1.807) is 6.07 Å². The first-order valence-electron chi connectivity index (χ1n) is 9.89. The van der Waals surface area contributed by atoms with Crippen molar-refractivity contribution in [3.05, 3.63) is 98.0 Å². The maximum atomic E-state index is 6.53. The highest BCUT2D eigenvalue weighted by atomic mass is 35.5. The van der Waals surface area contributed by atoms with Crippen LogP contribution in [0.1, 0.15) is 47.9 Å². The molecule has 2 atom stereocenters. The Hall–Kier alpha value is -2.20. The second kappa shape index (κ2) is 7.81. The fourth-order valence-electron chi connectivity index (χ4n) is 4.07. The van der Waals surface area contributed by atoms with Crippen LogP contribution in [-0.4, -0.2) is 10.7 Å². The van der Waals surface area contributed by atoms with Crippen LogP contribution in [0.2, 0.25) is 15.1 Å². The van der Waals surface area contributed by atoms with Gasteiger partial charge in [0, 0.05) is 27.6 Å². The van der Waals surface area contributed by atoms with E-state index in [1.165, 1.54) is 5.56 Å². The summed E-state index contributed by atoms with van der Waals surface area (Å²) in [7, 11) is 0. The van der Waals surface area contributed by atoms with Gasteiger partial charge in [-0.3, -0.25) is 0 Å². The van der Waals surface area contributed by atoms with E-state index in [2.05, 4.69) is 31.2 Å². The van der Waals surface area contributed by atoms with E-state index in [0.29, 0.717) is 20.8 Å². The van der Waals surface area contributed by atoms with E-state index in [0.717, 1.165) is 35.2 Å². The van der Waals surface area contributed by atoms with Crippen molar-refractivity contribution >= 4 is 40.5 Å². The quantitative estimate of drug-likeness (QED) is 0.408. The Balaban J connectivity index is 1.60. The van der Waals surface area contributed by atoms with Crippen LogP contribution in [0.5, 0.6) is 5.75 Å². The zero-order chi connectivity index (χ0) is 20.8. The van der Waals surface area contributed by atoms with Gasteiger partial charge in [0.25, 0.3) is 0 Å². The molecule has 2 aliphatic heterocycles. The molecule has 30 heavy (non-hydrogen) atoms. The summed E-state index contributed by atoms with van der Waals surface area (Å²) in [5.41, 5.74) is 5.31. The van der Waals surface area contributed by atoms with Crippen molar-refractivity contribution in [2.24, 2.45) is 5.10 Å². The zero-order valence-corrected chi connectivity index (χ0v) is 18.5. The first-order valence-corrected chi connectivity index (χ1v) is 11.0. The van der Waals surface area contributed by atoms with Gasteiger partial charge in [-0.2, -0.15) is 5.10 Å². The minimum atomic E-state index is -0.364. The van der Waals surface area contributed by atoms with Crippen molar-refractivity contribution in [1.29, 1.82) is 0 Å². The maximum absolute atomic E-state index is 6.53. The van der Waals surface area contributed by atoms with Gasteiger partial charge in [0.2, 0.25) is 6.23 Å². The third-order valence-corrected chi connectivity index (χ3v) is 6.41. The van der Waals surface area contributed by atoms with E-state index in [9.17, 15) is 0 Å². The van der Waals surface area contributed by atoms with Crippen molar-refractivity contribution < 1.29 is 4.74 Å². The van der Waals surface area contributed by atoms with Gasteiger partial charge in [-0.05, 0) is 41.8 Å². The highest BCUT2D eigenvalue weighted by molar-refractivity contribution is 6.35. The van der Waals surface area contributed by atoms with Crippen molar-refractivity contribution in [3.63, 3.8) is 0 Å². The molecule has 0 amide bonds. The molecule has 2 aliphatic rings. The fraction of sp³-hybridized carbons (Fsp3) is 0.208. The molecular weight excluding hydrogens is 439 g/mol. The molecule has 0 aliphatic carbocycles. The van der Waals surface area contributed by atoms with Crippen molar-refractivity contribution in [1.82, 2.24) is 5.01 Å². The Kier molecular flexibility index (Phi) is 5.14. The standard InChI is InChI=1S/C24H19Cl3N2O/c1-2-14-3-5-16(6-4-14)24-29-22(19-11-18(26)12-20(27)23(19)30-24)13-21(28-29)15-7-9-17(25)10-8-15/h3-12,22,24H,2,13H2,1H3/t22-,24-/m0/s1. The predicted octanol–water partition coefficient (Wildman–Crippen LogP) is 7.45. The van der Waals surface area contributed by atoms with Crippen LogP contribution in [0, 0.1) is 0 Å². The smallest absolute Gasteiger partial charge is 0.213 e. The van der Waals surface area contributed by atoms with Crippen LogP contribution in [0.4, 0.5) is 0 Å². The molecule has 0 saturated carbocycles. The van der Waals surface area contributed by atoms with Crippen molar-refractivity contribution in [2.45, 2.75) is 32.0 Å². The van der Waals surface area contributed by atoms with E-state index in [1.807, 2.05) is 35.3 Å².